The highest BCUT2D eigenvalue weighted by Gasteiger charge is 2.39. The largest absolute Gasteiger partial charge is 0.495 e. The van der Waals surface area contributed by atoms with Crippen LogP contribution in [0.15, 0.2) is 47.1 Å². The van der Waals surface area contributed by atoms with E-state index in [1.54, 1.807) is 36.4 Å². The normalized spacial score (nSPS) is 14.0. The topological polar surface area (TPSA) is 67.9 Å². The fourth-order valence-corrected chi connectivity index (χ4v) is 3.13. The van der Waals surface area contributed by atoms with Crippen molar-refractivity contribution < 1.29 is 19.1 Å². The number of methoxy groups -OCH3 is 1. The number of ether oxygens (including phenoxy) is 2. The molecular weight excluding hydrogens is 403 g/mol. The molecule has 1 N–H and O–H groups in total. The van der Waals surface area contributed by atoms with Gasteiger partial charge < -0.3 is 14.8 Å². The Morgan fingerprint density at radius 2 is 1.75 bits per heavy atom. The van der Waals surface area contributed by atoms with Crippen LogP contribution in [-0.4, -0.2) is 25.5 Å². The van der Waals surface area contributed by atoms with Crippen molar-refractivity contribution in [3.05, 3.63) is 57.7 Å². The molecule has 1 aliphatic rings. The number of carbonyl (C=O) groups excluding carboxylic acids is 2. The maximum Gasteiger partial charge on any atom is 0.283 e. The van der Waals surface area contributed by atoms with Crippen molar-refractivity contribution in [3.63, 3.8) is 0 Å². The smallest absolute Gasteiger partial charge is 0.283 e. The molecule has 0 radical (unpaired) electrons. The van der Waals surface area contributed by atoms with Crippen LogP contribution in [0.25, 0.3) is 0 Å². The molecule has 1 heterocycles. The summed E-state index contributed by atoms with van der Waals surface area (Å²) in [6, 6.07) is 9.96. The maximum absolute atomic E-state index is 12.9. The molecule has 28 heavy (non-hydrogen) atoms. The molecule has 3 rings (SSSR count). The van der Waals surface area contributed by atoms with E-state index in [0.717, 1.165) is 10.5 Å². The van der Waals surface area contributed by atoms with Crippen molar-refractivity contribution in [1.82, 2.24) is 0 Å². The van der Waals surface area contributed by atoms with E-state index >= 15 is 0 Å². The first-order valence-electron chi connectivity index (χ1n) is 8.50. The lowest BCUT2D eigenvalue weighted by atomic mass is 10.2. The first-order valence-corrected chi connectivity index (χ1v) is 9.25. The minimum Gasteiger partial charge on any atom is -0.495 e. The van der Waals surface area contributed by atoms with E-state index in [9.17, 15) is 9.59 Å². The van der Waals surface area contributed by atoms with Gasteiger partial charge in [-0.05, 0) is 49.7 Å². The minimum absolute atomic E-state index is 0.0272. The summed E-state index contributed by atoms with van der Waals surface area (Å²) in [5.74, 6) is -0.103. The van der Waals surface area contributed by atoms with Crippen LogP contribution in [0.5, 0.6) is 11.5 Å². The zero-order chi connectivity index (χ0) is 20.4. The van der Waals surface area contributed by atoms with Gasteiger partial charge in [-0.25, -0.2) is 4.90 Å². The van der Waals surface area contributed by atoms with Crippen LogP contribution in [0, 0.1) is 6.92 Å². The molecular formula is C20H18Cl2N2O4. The van der Waals surface area contributed by atoms with Gasteiger partial charge in [-0.2, -0.15) is 0 Å². The van der Waals surface area contributed by atoms with E-state index in [0.29, 0.717) is 34.5 Å². The Kier molecular flexibility index (Phi) is 5.82. The number of anilines is 2. The molecule has 0 saturated carbocycles. The van der Waals surface area contributed by atoms with Gasteiger partial charge in [0, 0.05) is 11.1 Å². The average molecular weight is 421 g/mol. The van der Waals surface area contributed by atoms with Crippen molar-refractivity contribution in [2.45, 2.75) is 13.8 Å². The molecule has 0 aromatic heterocycles. The van der Waals surface area contributed by atoms with Crippen LogP contribution in [-0.2, 0) is 9.59 Å². The Bertz CT molecular complexity index is 971. The number of rotatable bonds is 6. The van der Waals surface area contributed by atoms with Crippen molar-refractivity contribution >= 4 is 46.4 Å². The van der Waals surface area contributed by atoms with Crippen LogP contribution in [0.3, 0.4) is 0 Å². The predicted octanol–water partition coefficient (Wildman–Crippen LogP) is 4.49. The van der Waals surface area contributed by atoms with Crippen LogP contribution < -0.4 is 19.7 Å². The fourth-order valence-electron chi connectivity index (χ4n) is 2.77. The van der Waals surface area contributed by atoms with Crippen molar-refractivity contribution in [2.75, 3.05) is 23.9 Å². The summed E-state index contributed by atoms with van der Waals surface area (Å²) in [4.78, 5) is 26.5. The van der Waals surface area contributed by atoms with Crippen LogP contribution in [0.2, 0.25) is 5.02 Å². The van der Waals surface area contributed by atoms with Gasteiger partial charge >= 0.3 is 0 Å². The van der Waals surface area contributed by atoms with Gasteiger partial charge in [-0.3, -0.25) is 9.59 Å². The van der Waals surface area contributed by atoms with E-state index in [1.807, 2.05) is 13.8 Å². The number of nitrogens with one attached hydrogen (secondary N) is 1. The van der Waals surface area contributed by atoms with Crippen molar-refractivity contribution in [2.24, 2.45) is 0 Å². The average Bonchev–Trinajstić information content (AvgIpc) is 2.89. The summed E-state index contributed by atoms with van der Waals surface area (Å²) in [5.41, 5.74) is 1.63. The summed E-state index contributed by atoms with van der Waals surface area (Å²) in [6.07, 6.45) is 0. The number of benzene rings is 2. The van der Waals surface area contributed by atoms with E-state index < -0.39 is 11.8 Å². The number of hydrogen-bond acceptors (Lipinski definition) is 5. The van der Waals surface area contributed by atoms with Gasteiger partial charge in [0.25, 0.3) is 11.8 Å². The lowest BCUT2D eigenvalue weighted by Crippen LogP contribution is -2.32. The first-order chi connectivity index (χ1) is 13.4. The Labute approximate surface area is 172 Å². The third kappa shape index (κ3) is 3.66. The predicted molar refractivity (Wildman–Crippen MR) is 109 cm³/mol. The third-order valence-electron chi connectivity index (χ3n) is 4.17. The second-order valence-electron chi connectivity index (χ2n) is 5.99. The highest BCUT2D eigenvalue weighted by molar-refractivity contribution is 6.53. The second kappa shape index (κ2) is 8.12. The highest BCUT2D eigenvalue weighted by Crippen LogP contribution is 2.35. The Morgan fingerprint density at radius 3 is 2.36 bits per heavy atom. The zero-order valence-corrected chi connectivity index (χ0v) is 17.0. The van der Waals surface area contributed by atoms with Gasteiger partial charge in [0.15, 0.2) is 0 Å². The summed E-state index contributed by atoms with van der Waals surface area (Å²) < 4.78 is 10.7. The SMILES string of the molecule is CCOc1ccc(N2C(=O)C(Cl)=C(Nc3cc(C)c(Cl)cc3OC)C2=O)cc1. The molecule has 2 amide bonds. The van der Waals surface area contributed by atoms with Gasteiger partial charge in [0.05, 0.1) is 25.1 Å². The minimum atomic E-state index is -0.608. The molecule has 2 aromatic carbocycles. The molecule has 6 nitrogen and oxygen atoms in total. The Morgan fingerprint density at radius 1 is 1.07 bits per heavy atom. The molecule has 0 spiro atoms. The summed E-state index contributed by atoms with van der Waals surface area (Å²) in [5, 5.41) is 3.24. The van der Waals surface area contributed by atoms with Gasteiger partial charge in [-0.15, -0.1) is 0 Å². The number of hydrogen-bond donors (Lipinski definition) is 1. The summed E-state index contributed by atoms with van der Waals surface area (Å²) in [6.45, 7) is 4.21. The molecule has 0 atom stereocenters. The molecule has 2 aromatic rings. The molecule has 146 valence electrons. The summed E-state index contributed by atoms with van der Waals surface area (Å²) in [7, 11) is 1.48. The lowest BCUT2D eigenvalue weighted by molar-refractivity contribution is -0.120. The molecule has 0 unspecified atom stereocenters. The fraction of sp³-hybridized carbons (Fsp3) is 0.200. The molecule has 0 aliphatic carbocycles. The third-order valence-corrected chi connectivity index (χ3v) is 4.93. The second-order valence-corrected chi connectivity index (χ2v) is 6.77. The van der Waals surface area contributed by atoms with Gasteiger partial charge in [-0.1, -0.05) is 23.2 Å². The Hall–Kier alpha value is -2.70. The standard InChI is InChI=1S/C20H18Cl2N2O4/c1-4-28-13-7-5-12(6-8-13)24-19(25)17(22)18(20(24)26)23-15-9-11(2)14(21)10-16(15)27-3/h5-10,23H,4H2,1-3H3. The van der Waals surface area contributed by atoms with Crippen LogP contribution in [0.4, 0.5) is 11.4 Å². The van der Waals surface area contributed by atoms with Crippen molar-refractivity contribution in [1.29, 1.82) is 0 Å². The number of aryl methyl sites for hydroxylation is 1. The number of halogens is 2. The molecule has 0 fully saturated rings. The van der Waals surface area contributed by atoms with E-state index in [1.165, 1.54) is 7.11 Å². The van der Waals surface area contributed by atoms with E-state index in [4.69, 9.17) is 32.7 Å². The molecule has 8 heteroatoms. The maximum atomic E-state index is 12.9. The van der Waals surface area contributed by atoms with Gasteiger partial charge in [0.2, 0.25) is 0 Å². The molecule has 0 saturated heterocycles. The van der Waals surface area contributed by atoms with Crippen LogP contribution >= 0.6 is 23.2 Å². The number of carbonyl (C=O) groups is 2. The number of imide groups is 1. The van der Waals surface area contributed by atoms with E-state index in [-0.39, 0.29) is 10.7 Å². The van der Waals surface area contributed by atoms with Gasteiger partial charge in [0.1, 0.15) is 22.2 Å². The Balaban J connectivity index is 1.91. The van der Waals surface area contributed by atoms with Crippen LogP contribution in [0.1, 0.15) is 12.5 Å². The van der Waals surface area contributed by atoms with Crippen molar-refractivity contribution in [3.8, 4) is 11.5 Å². The lowest BCUT2D eigenvalue weighted by Gasteiger charge is -2.16. The molecule has 1 aliphatic heterocycles. The first kappa shape index (κ1) is 20.0. The monoisotopic (exact) mass is 420 g/mol. The molecule has 0 bridgehead atoms. The number of amides is 2. The quantitative estimate of drug-likeness (QED) is 0.697. The van der Waals surface area contributed by atoms with E-state index in [2.05, 4.69) is 5.32 Å². The number of nitrogens with zero attached hydrogens (tertiary/aromatic N) is 1. The summed E-state index contributed by atoms with van der Waals surface area (Å²) >= 11 is 12.3. The zero-order valence-electron chi connectivity index (χ0n) is 15.5. The highest BCUT2D eigenvalue weighted by atomic mass is 35.5.